The van der Waals surface area contributed by atoms with Gasteiger partial charge in [-0.15, -0.1) is 0 Å². The second-order valence-electron chi connectivity index (χ2n) is 4.90. The molecule has 0 fully saturated rings. The zero-order valence-corrected chi connectivity index (χ0v) is 12.8. The lowest BCUT2D eigenvalue weighted by atomic mass is 9.98. The molecule has 2 aromatic carbocycles. The van der Waals surface area contributed by atoms with E-state index in [1.807, 2.05) is 0 Å². The predicted molar refractivity (Wildman–Crippen MR) is 83.5 cm³/mol. The number of aromatic carboxylic acids is 3. The van der Waals surface area contributed by atoms with Gasteiger partial charge in [-0.2, -0.15) is 0 Å². The lowest BCUT2D eigenvalue weighted by Gasteiger charge is -2.09. The van der Waals surface area contributed by atoms with Gasteiger partial charge in [-0.3, -0.25) is 0 Å². The Balaban J connectivity index is 2.49. The Labute approximate surface area is 145 Å². The van der Waals surface area contributed by atoms with Crippen LogP contribution in [0.3, 0.4) is 0 Å². The minimum absolute atomic E-state index is 0.0124. The van der Waals surface area contributed by atoms with Gasteiger partial charge in [0.05, 0.1) is 27.8 Å². The molecular weight excluding hydrogens is 348 g/mol. The highest BCUT2D eigenvalue weighted by atomic mass is 16.6. The van der Waals surface area contributed by atoms with Crippen LogP contribution in [-0.4, -0.2) is 45.2 Å². The number of hydrogen-bond acceptors (Lipinski definition) is 6. The minimum Gasteiger partial charge on any atom is -0.478 e. The van der Waals surface area contributed by atoms with Crippen molar-refractivity contribution in [2.24, 2.45) is 0 Å². The maximum atomic E-state index is 12.2. The molecule has 0 aromatic heterocycles. The largest absolute Gasteiger partial charge is 0.478 e. The molecule has 0 bridgehead atoms. The van der Waals surface area contributed by atoms with E-state index in [4.69, 9.17) is 15.3 Å². The van der Waals surface area contributed by atoms with Crippen LogP contribution in [0.1, 0.15) is 51.8 Å². The monoisotopic (exact) mass is 358 g/mol. The third-order valence-electron chi connectivity index (χ3n) is 3.26. The van der Waals surface area contributed by atoms with Crippen LogP contribution in [0.15, 0.2) is 42.5 Å². The van der Waals surface area contributed by atoms with E-state index >= 15 is 0 Å². The van der Waals surface area contributed by atoms with Crippen molar-refractivity contribution in [3.63, 3.8) is 0 Å². The highest BCUT2D eigenvalue weighted by molar-refractivity contribution is 6.11. The van der Waals surface area contributed by atoms with Crippen molar-refractivity contribution >= 4 is 29.8 Å². The van der Waals surface area contributed by atoms with Crippen LogP contribution in [0.4, 0.5) is 0 Å². The number of carbonyl (C=O) groups is 5. The van der Waals surface area contributed by atoms with E-state index in [0.29, 0.717) is 12.1 Å². The summed E-state index contributed by atoms with van der Waals surface area (Å²) in [7, 11) is 0. The van der Waals surface area contributed by atoms with Crippen molar-refractivity contribution < 1.29 is 44.0 Å². The van der Waals surface area contributed by atoms with Crippen LogP contribution in [0, 0.1) is 0 Å². The molecule has 132 valence electrons. The minimum atomic E-state index is -1.69. The van der Waals surface area contributed by atoms with E-state index < -0.39 is 52.1 Å². The summed E-state index contributed by atoms with van der Waals surface area (Å²) in [6.07, 6.45) is 0. The lowest BCUT2D eigenvalue weighted by molar-refractivity contribution is 0.0391. The van der Waals surface area contributed by atoms with E-state index in [-0.39, 0.29) is 5.56 Å². The topological polar surface area (TPSA) is 155 Å². The fourth-order valence-electron chi connectivity index (χ4n) is 2.07. The molecule has 0 amide bonds. The van der Waals surface area contributed by atoms with E-state index in [0.717, 1.165) is 0 Å². The first-order valence-electron chi connectivity index (χ1n) is 6.92. The summed E-state index contributed by atoms with van der Waals surface area (Å²) in [5.74, 6) is -7.57. The van der Waals surface area contributed by atoms with Crippen LogP contribution >= 0.6 is 0 Å². The van der Waals surface area contributed by atoms with Crippen molar-refractivity contribution in [3.05, 3.63) is 70.3 Å². The Kier molecular flexibility index (Phi) is 5.12. The number of hydrogen-bond donors (Lipinski definition) is 3. The number of rotatable bonds is 5. The highest BCUT2D eigenvalue weighted by Crippen LogP contribution is 2.20. The summed E-state index contributed by atoms with van der Waals surface area (Å²) < 4.78 is 4.57. The molecule has 9 heteroatoms. The fraction of sp³-hybridized carbons (Fsp3) is 0. The number of esters is 2. The second-order valence-corrected chi connectivity index (χ2v) is 4.90. The molecule has 0 unspecified atom stereocenters. The first-order chi connectivity index (χ1) is 12.2. The van der Waals surface area contributed by atoms with Crippen LogP contribution < -0.4 is 0 Å². The molecule has 2 rings (SSSR count). The Hall–Kier alpha value is -4.01. The first kappa shape index (κ1) is 18.3. The van der Waals surface area contributed by atoms with E-state index in [9.17, 15) is 24.0 Å². The number of carbonyl (C=O) groups excluding carboxylic acids is 2. The standard InChI is InChI=1S/C17H10O9/c18-13(19)9-6-11(15(22)23)12(7-10(9)14(20)21)17(25)26-16(24)8-4-2-1-3-5-8/h1-7H,(H,18,19)(H,20,21)(H,22,23). The highest BCUT2D eigenvalue weighted by Gasteiger charge is 2.27. The molecule has 0 spiro atoms. The molecule has 0 heterocycles. The number of carboxylic acid groups (broad SMARTS) is 3. The SMILES string of the molecule is O=C(OC(=O)c1cc(C(=O)O)c(C(=O)O)cc1C(=O)O)c1ccccc1. The molecule has 9 nitrogen and oxygen atoms in total. The molecule has 0 atom stereocenters. The van der Waals surface area contributed by atoms with Crippen LogP contribution in [0.25, 0.3) is 0 Å². The second kappa shape index (κ2) is 7.26. The Morgan fingerprint density at radius 2 is 1.04 bits per heavy atom. The Morgan fingerprint density at radius 3 is 1.50 bits per heavy atom. The zero-order chi connectivity index (χ0) is 19.4. The van der Waals surface area contributed by atoms with E-state index in [2.05, 4.69) is 4.74 Å². The van der Waals surface area contributed by atoms with Crippen LogP contribution in [0.2, 0.25) is 0 Å². The first-order valence-corrected chi connectivity index (χ1v) is 6.92. The van der Waals surface area contributed by atoms with Gasteiger partial charge >= 0.3 is 29.8 Å². The fourth-order valence-corrected chi connectivity index (χ4v) is 2.07. The summed E-state index contributed by atoms with van der Waals surface area (Å²) in [4.78, 5) is 57.7. The van der Waals surface area contributed by atoms with Gasteiger partial charge in [-0.1, -0.05) is 18.2 Å². The van der Waals surface area contributed by atoms with Crippen molar-refractivity contribution in [2.45, 2.75) is 0 Å². The molecule has 0 radical (unpaired) electrons. The third kappa shape index (κ3) is 3.73. The summed E-state index contributed by atoms with van der Waals surface area (Å²) >= 11 is 0. The average molecular weight is 358 g/mol. The maximum absolute atomic E-state index is 12.2. The van der Waals surface area contributed by atoms with Gasteiger partial charge in [0.1, 0.15) is 0 Å². The number of benzene rings is 2. The van der Waals surface area contributed by atoms with Gasteiger partial charge in [-0.25, -0.2) is 24.0 Å². The molecule has 0 aliphatic carbocycles. The molecule has 2 aromatic rings. The van der Waals surface area contributed by atoms with Gasteiger partial charge in [-0.05, 0) is 24.3 Å². The molecule has 3 N–H and O–H groups in total. The third-order valence-corrected chi connectivity index (χ3v) is 3.26. The van der Waals surface area contributed by atoms with Gasteiger partial charge in [0.15, 0.2) is 0 Å². The number of carboxylic acids is 3. The smallest absolute Gasteiger partial charge is 0.346 e. The normalized spacial score (nSPS) is 10.0. The predicted octanol–water partition coefficient (Wildman–Crippen LogP) is 1.78. The molecule has 0 aliphatic rings. The molecule has 26 heavy (non-hydrogen) atoms. The zero-order valence-electron chi connectivity index (χ0n) is 12.8. The van der Waals surface area contributed by atoms with Gasteiger partial charge in [0.25, 0.3) is 0 Å². The summed E-state index contributed by atoms with van der Waals surface area (Å²) in [6.45, 7) is 0. The maximum Gasteiger partial charge on any atom is 0.346 e. The molecule has 0 aliphatic heterocycles. The van der Waals surface area contributed by atoms with Crippen molar-refractivity contribution in [2.75, 3.05) is 0 Å². The van der Waals surface area contributed by atoms with Crippen molar-refractivity contribution in [1.82, 2.24) is 0 Å². The summed E-state index contributed by atoms with van der Waals surface area (Å²) in [6, 6.07) is 8.41. The lowest BCUT2D eigenvalue weighted by Crippen LogP contribution is -2.19. The van der Waals surface area contributed by atoms with Crippen LogP contribution in [-0.2, 0) is 4.74 Å². The molecule has 0 saturated carbocycles. The van der Waals surface area contributed by atoms with Crippen LogP contribution in [0.5, 0.6) is 0 Å². The van der Waals surface area contributed by atoms with Gasteiger partial charge in [0.2, 0.25) is 0 Å². The Morgan fingerprint density at radius 1 is 0.615 bits per heavy atom. The Bertz CT molecular complexity index is 929. The van der Waals surface area contributed by atoms with Crippen molar-refractivity contribution in [1.29, 1.82) is 0 Å². The number of ether oxygens (including phenoxy) is 1. The van der Waals surface area contributed by atoms with E-state index in [1.165, 1.54) is 24.3 Å². The van der Waals surface area contributed by atoms with Crippen molar-refractivity contribution in [3.8, 4) is 0 Å². The molecular formula is C17H10O9. The van der Waals surface area contributed by atoms with Gasteiger partial charge < -0.3 is 20.1 Å². The van der Waals surface area contributed by atoms with Gasteiger partial charge in [0, 0.05) is 0 Å². The quantitative estimate of drug-likeness (QED) is 0.535. The van der Waals surface area contributed by atoms with E-state index in [1.54, 1.807) is 6.07 Å². The summed E-state index contributed by atoms with van der Waals surface area (Å²) in [5.41, 5.74) is -3.19. The summed E-state index contributed by atoms with van der Waals surface area (Å²) in [5, 5.41) is 27.3. The molecule has 0 saturated heterocycles. The average Bonchev–Trinajstić information content (AvgIpc) is 2.60.